The fourth-order valence-corrected chi connectivity index (χ4v) is 2.94. The molecule has 3 rings (SSSR count). The highest BCUT2D eigenvalue weighted by atomic mass is 16.7. The van der Waals surface area contributed by atoms with E-state index in [2.05, 4.69) is 4.74 Å². The van der Waals surface area contributed by atoms with Crippen LogP contribution in [0.4, 0.5) is 0 Å². The molecule has 9 nitrogen and oxygen atoms in total. The van der Waals surface area contributed by atoms with Crippen molar-refractivity contribution in [2.75, 3.05) is 7.11 Å². The number of phenolic OH excluding ortho intramolecular Hbond substituents is 2. The second-order valence-electron chi connectivity index (χ2n) is 6.72. The fourth-order valence-electron chi connectivity index (χ4n) is 2.94. The lowest BCUT2D eigenvalue weighted by Gasteiger charge is -2.38. The molecule has 5 N–H and O–H groups in total. The van der Waals surface area contributed by atoms with Gasteiger partial charge in [0.25, 0.3) is 0 Å². The van der Waals surface area contributed by atoms with Gasteiger partial charge in [0.05, 0.1) is 7.11 Å². The number of ether oxygens (including phenoxy) is 3. The van der Waals surface area contributed by atoms with E-state index < -0.39 is 36.7 Å². The van der Waals surface area contributed by atoms with Gasteiger partial charge in [0.1, 0.15) is 35.6 Å². The molecule has 0 radical (unpaired) electrons. The average Bonchev–Trinajstić information content (AvgIpc) is 2.73. The van der Waals surface area contributed by atoms with E-state index in [1.165, 1.54) is 30.3 Å². The van der Waals surface area contributed by atoms with Crippen LogP contribution in [-0.4, -0.2) is 69.3 Å². The van der Waals surface area contributed by atoms with E-state index in [-0.39, 0.29) is 17.2 Å². The SMILES string of the molecule is COC(=O)[C@H]1O[C@@H](Oc2cc(O)cc(/C=C\c3ccc(O)cc3)c2)[C@H](O)[C@@H](O)[C@@H]1O. The van der Waals surface area contributed by atoms with Gasteiger partial charge in [-0.05, 0) is 35.4 Å². The first-order valence-corrected chi connectivity index (χ1v) is 9.04. The first-order valence-electron chi connectivity index (χ1n) is 9.04. The molecule has 0 amide bonds. The van der Waals surface area contributed by atoms with Crippen molar-refractivity contribution in [3.8, 4) is 17.2 Å². The van der Waals surface area contributed by atoms with Gasteiger partial charge in [0, 0.05) is 6.07 Å². The van der Waals surface area contributed by atoms with Crippen LogP contribution in [-0.2, 0) is 14.3 Å². The highest BCUT2D eigenvalue weighted by Crippen LogP contribution is 2.28. The van der Waals surface area contributed by atoms with E-state index in [1.54, 1.807) is 24.3 Å². The smallest absolute Gasteiger partial charge is 0.337 e. The Hall–Kier alpha value is -3.11. The molecule has 30 heavy (non-hydrogen) atoms. The number of rotatable bonds is 5. The molecule has 0 aliphatic carbocycles. The molecule has 1 aliphatic heterocycles. The van der Waals surface area contributed by atoms with Gasteiger partial charge in [0.2, 0.25) is 6.29 Å². The number of phenols is 2. The van der Waals surface area contributed by atoms with Crippen molar-refractivity contribution < 1.29 is 44.5 Å². The molecule has 1 heterocycles. The van der Waals surface area contributed by atoms with Crippen molar-refractivity contribution in [3.63, 3.8) is 0 Å². The third-order valence-corrected chi connectivity index (χ3v) is 4.53. The Labute approximate surface area is 172 Å². The van der Waals surface area contributed by atoms with Crippen LogP contribution in [0, 0.1) is 0 Å². The van der Waals surface area contributed by atoms with Gasteiger partial charge in [-0.2, -0.15) is 0 Å². The minimum absolute atomic E-state index is 0.0941. The van der Waals surface area contributed by atoms with Crippen molar-refractivity contribution in [2.45, 2.75) is 30.7 Å². The lowest BCUT2D eigenvalue weighted by atomic mass is 9.99. The van der Waals surface area contributed by atoms with E-state index >= 15 is 0 Å². The van der Waals surface area contributed by atoms with Crippen molar-refractivity contribution in [2.24, 2.45) is 0 Å². The molecule has 0 spiro atoms. The topological polar surface area (TPSA) is 146 Å². The summed E-state index contributed by atoms with van der Waals surface area (Å²) in [5.41, 5.74) is 1.36. The summed E-state index contributed by atoms with van der Waals surface area (Å²) in [6, 6.07) is 10.8. The average molecular weight is 418 g/mol. The molecule has 5 atom stereocenters. The second kappa shape index (κ2) is 9.14. The number of esters is 1. The monoisotopic (exact) mass is 418 g/mol. The van der Waals surface area contributed by atoms with Crippen LogP contribution in [0.1, 0.15) is 11.1 Å². The normalized spacial score (nSPS) is 26.5. The van der Waals surface area contributed by atoms with Gasteiger partial charge in [-0.3, -0.25) is 0 Å². The maximum Gasteiger partial charge on any atom is 0.337 e. The Balaban J connectivity index is 1.78. The summed E-state index contributed by atoms with van der Waals surface area (Å²) in [6.07, 6.45) is -4.67. The van der Waals surface area contributed by atoms with Crippen LogP contribution in [0.5, 0.6) is 17.2 Å². The number of carbonyl (C=O) groups is 1. The van der Waals surface area contributed by atoms with Gasteiger partial charge in [0.15, 0.2) is 6.10 Å². The molecule has 1 fully saturated rings. The van der Waals surface area contributed by atoms with Crippen molar-refractivity contribution in [1.29, 1.82) is 0 Å². The standard InChI is InChI=1S/C21H22O9/c1-28-20(27)19-17(25)16(24)18(26)21(30-19)29-15-9-12(8-14(23)10-15)3-2-11-4-6-13(22)7-5-11/h2-10,16-19,21-26H,1H3/b3-2-/t16-,17-,18+,19-,21+/m0/s1. The summed E-state index contributed by atoms with van der Waals surface area (Å²) in [5.74, 6) is -0.829. The summed E-state index contributed by atoms with van der Waals surface area (Å²) >= 11 is 0. The van der Waals surface area contributed by atoms with Crippen LogP contribution >= 0.6 is 0 Å². The first-order chi connectivity index (χ1) is 14.3. The lowest BCUT2D eigenvalue weighted by molar-refractivity contribution is -0.271. The molecule has 0 aromatic heterocycles. The summed E-state index contributed by atoms with van der Waals surface area (Å²) < 4.78 is 15.3. The van der Waals surface area contributed by atoms with Crippen LogP contribution < -0.4 is 4.74 Å². The molecule has 2 aromatic rings. The fraction of sp³-hybridized carbons (Fsp3) is 0.286. The van der Waals surface area contributed by atoms with E-state index in [0.717, 1.165) is 12.7 Å². The molecule has 1 saturated heterocycles. The maximum atomic E-state index is 11.8. The number of carbonyl (C=O) groups excluding carboxylic acids is 1. The summed E-state index contributed by atoms with van der Waals surface area (Å²) in [6.45, 7) is 0. The van der Waals surface area contributed by atoms with E-state index in [9.17, 15) is 30.3 Å². The van der Waals surface area contributed by atoms with Gasteiger partial charge < -0.3 is 39.7 Å². The lowest BCUT2D eigenvalue weighted by Crippen LogP contribution is -2.61. The molecule has 9 heteroatoms. The quantitative estimate of drug-likeness (QED) is 0.348. The highest BCUT2D eigenvalue weighted by Gasteiger charge is 2.48. The van der Waals surface area contributed by atoms with Gasteiger partial charge in [-0.1, -0.05) is 24.3 Å². The summed E-state index contributed by atoms with van der Waals surface area (Å²) in [4.78, 5) is 11.8. The van der Waals surface area contributed by atoms with Crippen molar-refractivity contribution >= 4 is 18.1 Å². The molecule has 2 aromatic carbocycles. The number of methoxy groups -OCH3 is 1. The van der Waals surface area contributed by atoms with Gasteiger partial charge >= 0.3 is 5.97 Å². The second-order valence-corrected chi connectivity index (χ2v) is 6.72. The van der Waals surface area contributed by atoms with Crippen LogP contribution in [0.2, 0.25) is 0 Å². The Morgan fingerprint density at radius 3 is 2.23 bits per heavy atom. The number of aliphatic hydroxyl groups excluding tert-OH is 3. The van der Waals surface area contributed by atoms with Crippen molar-refractivity contribution in [1.82, 2.24) is 0 Å². The Kier molecular flexibility index (Phi) is 6.58. The molecule has 1 aliphatic rings. The molecule has 0 unspecified atom stereocenters. The molecular weight excluding hydrogens is 396 g/mol. The summed E-state index contributed by atoms with van der Waals surface area (Å²) in [7, 11) is 1.09. The van der Waals surface area contributed by atoms with Crippen molar-refractivity contribution in [3.05, 3.63) is 53.6 Å². The molecule has 0 saturated carbocycles. The molecule has 160 valence electrons. The predicted octanol–water partition coefficient (Wildman–Crippen LogP) is 0.628. The molecular formula is C21H22O9. The zero-order chi connectivity index (χ0) is 21.8. The Morgan fingerprint density at radius 2 is 1.57 bits per heavy atom. The zero-order valence-electron chi connectivity index (χ0n) is 16.0. The van der Waals surface area contributed by atoms with Crippen LogP contribution in [0.15, 0.2) is 42.5 Å². The van der Waals surface area contributed by atoms with Crippen LogP contribution in [0.25, 0.3) is 12.2 Å². The highest BCUT2D eigenvalue weighted by molar-refractivity contribution is 5.75. The van der Waals surface area contributed by atoms with Crippen LogP contribution in [0.3, 0.4) is 0 Å². The number of hydrogen-bond acceptors (Lipinski definition) is 9. The molecule has 0 bridgehead atoms. The largest absolute Gasteiger partial charge is 0.508 e. The third kappa shape index (κ3) is 4.89. The van der Waals surface area contributed by atoms with Gasteiger partial charge in [-0.15, -0.1) is 0 Å². The number of hydrogen-bond donors (Lipinski definition) is 5. The van der Waals surface area contributed by atoms with E-state index in [1.807, 2.05) is 0 Å². The summed E-state index contributed by atoms with van der Waals surface area (Å²) in [5, 5.41) is 49.4. The minimum Gasteiger partial charge on any atom is -0.508 e. The Morgan fingerprint density at radius 1 is 0.900 bits per heavy atom. The van der Waals surface area contributed by atoms with Gasteiger partial charge in [-0.25, -0.2) is 4.79 Å². The first kappa shape index (κ1) is 21.6. The number of aliphatic hydroxyl groups is 3. The Bertz CT molecular complexity index is 909. The number of aromatic hydroxyl groups is 2. The zero-order valence-corrected chi connectivity index (χ0v) is 16.0. The van der Waals surface area contributed by atoms with E-state index in [4.69, 9.17) is 9.47 Å². The minimum atomic E-state index is -1.71. The third-order valence-electron chi connectivity index (χ3n) is 4.53. The maximum absolute atomic E-state index is 11.8. The predicted molar refractivity (Wildman–Crippen MR) is 104 cm³/mol. The van der Waals surface area contributed by atoms with E-state index in [0.29, 0.717) is 5.56 Å². The number of benzene rings is 2.